The summed E-state index contributed by atoms with van der Waals surface area (Å²) in [5.41, 5.74) is 0. The van der Waals surface area contributed by atoms with E-state index in [1.165, 1.54) is 27.3 Å². The summed E-state index contributed by atoms with van der Waals surface area (Å²) in [7, 11) is 1.21. The zero-order chi connectivity index (χ0) is 6.41. The van der Waals surface area contributed by atoms with Gasteiger partial charge in [-0.2, -0.15) is 0 Å². The van der Waals surface area contributed by atoms with Gasteiger partial charge in [-0.1, -0.05) is 27.2 Å². The zero-order valence-electron chi connectivity index (χ0n) is 6.61. The molecule has 0 saturated carbocycles. The van der Waals surface area contributed by atoms with Crippen LogP contribution in [0.5, 0.6) is 0 Å². The van der Waals surface area contributed by atoms with Gasteiger partial charge in [0.15, 0.2) is 0 Å². The molecule has 0 radical (unpaired) electrons. The quantitative estimate of drug-likeness (QED) is 0.447. The number of halogens is 1. The van der Waals surface area contributed by atoms with Gasteiger partial charge in [0.05, 0.1) is 0 Å². The lowest BCUT2D eigenvalue weighted by Crippen LogP contribution is -1.88. The fourth-order valence-corrected chi connectivity index (χ4v) is 1.70. The van der Waals surface area contributed by atoms with Crippen LogP contribution in [-0.4, -0.2) is 12.3 Å². The summed E-state index contributed by atoms with van der Waals surface area (Å²) < 4.78 is 0. The molecule has 1 unspecified atom stereocenters. The van der Waals surface area contributed by atoms with Crippen LogP contribution in [-0.2, 0) is 0 Å². The molecule has 0 aromatic rings. The van der Waals surface area contributed by atoms with E-state index in [1.807, 2.05) is 0 Å². The van der Waals surface area contributed by atoms with Crippen LogP contribution < -0.4 is 0 Å². The summed E-state index contributed by atoms with van der Waals surface area (Å²) in [6, 6.07) is 0. The molecule has 0 fully saturated rings. The molecule has 0 bridgehead atoms. The van der Waals surface area contributed by atoms with Gasteiger partial charge >= 0.3 is 0 Å². The minimum Gasteiger partial charge on any atom is -0.147 e. The Kier molecular flexibility index (Phi) is 12.0. The highest BCUT2D eigenvalue weighted by atomic mass is 35.5. The predicted molar refractivity (Wildman–Crippen MR) is 50.4 cm³/mol. The molecular weight excluding hydrogens is 151 g/mol. The lowest BCUT2D eigenvalue weighted by atomic mass is 10.3. The predicted octanol–water partition coefficient (Wildman–Crippen LogP) is 3.15. The highest BCUT2D eigenvalue weighted by Crippen LogP contribution is 2.14. The fraction of sp³-hybridized carbons (Fsp3) is 1.00. The van der Waals surface area contributed by atoms with Crippen LogP contribution >= 0.6 is 21.0 Å². The third-order valence-electron chi connectivity index (χ3n) is 0.979. The second kappa shape index (κ2) is 8.72. The molecule has 1 atom stereocenters. The normalized spacial score (nSPS) is 10.7. The molecular formula is C7H18ClP. The van der Waals surface area contributed by atoms with Crippen molar-refractivity contribution in [2.45, 2.75) is 27.2 Å². The summed E-state index contributed by atoms with van der Waals surface area (Å²) in [4.78, 5) is 0. The van der Waals surface area contributed by atoms with Crippen molar-refractivity contribution in [1.82, 2.24) is 0 Å². The molecule has 0 aliphatic rings. The summed E-state index contributed by atoms with van der Waals surface area (Å²) in [6.45, 7) is 6.85. The Morgan fingerprint density at radius 3 is 2.22 bits per heavy atom. The van der Waals surface area contributed by atoms with Crippen molar-refractivity contribution in [3.05, 3.63) is 0 Å². The maximum absolute atomic E-state index is 2.29. The van der Waals surface area contributed by atoms with E-state index < -0.39 is 0 Å². The Balaban J connectivity index is 0. The molecule has 0 aromatic carbocycles. The Bertz CT molecular complexity index is 46.2. The van der Waals surface area contributed by atoms with Crippen molar-refractivity contribution in [1.29, 1.82) is 0 Å². The Hall–Kier alpha value is 0.720. The molecule has 0 rings (SSSR count). The first-order chi connectivity index (χ1) is 3.77. The van der Waals surface area contributed by atoms with Crippen LogP contribution in [0.1, 0.15) is 27.2 Å². The Morgan fingerprint density at radius 1 is 1.33 bits per heavy atom. The number of hydrogen-bond acceptors (Lipinski definition) is 0. The minimum absolute atomic E-state index is 0. The van der Waals surface area contributed by atoms with Crippen LogP contribution in [0.25, 0.3) is 0 Å². The molecule has 0 amide bonds. The molecule has 0 spiro atoms. The molecule has 0 aromatic heterocycles. The van der Waals surface area contributed by atoms with Gasteiger partial charge in [0.1, 0.15) is 0 Å². The largest absolute Gasteiger partial charge is 0.147 e. The van der Waals surface area contributed by atoms with E-state index in [-0.39, 0.29) is 12.4 Å². The third kappa shape index (κ3) is 12.0. The smallest absolute Gasteiger partial charge is 0.0330 e. The fourth-order valence-electron chi connectivity index (χ4n) is 0.568. The van der Waals surface area contributed by atoms with Gasteiger partial charge in [-0.15, -0.1) is 21.0 Å². The first-order valence-corrected chi connectivity index (χ1v) is 4.89. The van der Waals surface area contributed by atoms with Gasteiger partial charge in [0.2, 0.25) is 0 Å². The average molecular weight is 169 g/mol. The number of hydrogen-bond donors (Lipinski definition) is 0. The van der Waals surface area contributed by atoms with Crippen LogP contribution in [0.4, 0.5) is 0 Å². The molecule has 0 heterocycles. The third-order valence-corrected chi connectivity index (χ3v) is 2.94. The molecule has 0 saturated heterocycles. The van der Waals surface area contributed by atoms with E-state index in [0.29, 0.717) is 0 Å². The van der Waals surface area contributed by atoms with Crippen LogP contribution in [0, 0.1) is 5.92 Å². The van der Waals surface area contributed by atoms with Gasteiger partial charge < -0.3 is 0 Å². The van der Waals surface area contributed by atoms with Crippen molar-refractivity contribution in [3.63, 3.8) is 0 Å². The van der Waals surface area contributed by atoms with Gasteiger partial charge in [0.25, 0.3) is 0 Å². The standard InChI is InChI=1S/C7H17P.ClH/c1-4-5-8-6-7(2)3;/h7-8H,4-6H2,1-3H3;1H. The number of rotatable bonds is 4. The Labute approximate surface area is 67.0 Å². The maximum Gasteiger partial charge on any atom is -0.0330 e. The zero-order valence-corrected chi connectivity index (χ0v) is 8.42. The summed E-state index contributed by atoms with van der Waals surface area (Å²) in [5.74, 6) is 0.917. The second-order valence-corrected chi connectivity index (χ2v) is 4.01. The van der Waals surface area contributed by atoms with Crippen molar-refractivity contribution in [2.24, 2.45) is 5.92 Å². The molecule has 0 nitrogen and oxygen atoms in total. The van der Waals surface area contributed by atoms with Gasteiger partial charge in [0, 0.05) is 0 Å². The monoisotopic (exact) mass is 168 g/mol. The summed E-state index contributed by atoms with van der Waals surface area (Å²) in [5, 5.41) is 0. The van der Waals surface area contributed by atoms with E-state index in [1.54, 1.807) is 0 Å². The lowest BCUT2D eigenvalue weighted by Gasteiger charge is -2.01. The van der Waals surface area contributed by atoms with E-state index in [4.69, 9.17) is 0 Å². The first kappa shape index (κ1) is 12.4. The van der Waals surface area contributed by atoms with Crippen LogP contribution in [0.3, 0.4) is 0 Å². The van der Waals surface area contributed by atoms with Crippen LogP contribution in [0.15, 0.2) is 0 Å². The molecule has 2 heteroatoms. The van der Waals surface area contributed by atoms with E-state index in [0.717, 1.165) is 5.92 Å². The van der Waals surface area contributed by atoms with Gasteiger partial charge in [-0.3, -0.25) is 0 Å². The summed E-state index contributed by atoms with van der Waals surface area (Å²) >= 11 is 0. The highest BCUT2D eigenvalue weighted by molar-refractivity contribution is 7.37. The molecule has 58 valence electrons. The van der Waals surface area contributed by atoms with Crippen molar-refractivity contribution in [2.75, 3.05) is 12.3 Å². The molecule has 0 aliphatic heterocycles. The summed E-state index contributed by atoms with van der Waals surface area (Å²) in [6.07, 6.45) is 4.25. The molecule has 0 aliphatic carbocycles. The van der Waals surface area contributed by atoms with Crippen molar-refractivity contribution in [3.8, 4) is 0 Å². The lowest BCUT2D eigenvalue weighted by molar-refractivity contribution is 0.746. The van der Waals surface area contributed by atoms with Gasteiger partial charge in [-0.25, -0.2) is 0 Å². The van der Waals surface area contributed by atoms with E-state index >= 15 is 0 Å². The van der Waals surface area contributed by atoms with Gasteiger partial charge in [-0.05, 0) is 18.2 Å². The second-order valence-electron chi connectivity index (χ2n) is 2.60. The SMILES string of the molecule is CCCPCC(C)C.Cl. The van der Waals surface area contributed by atoms with Crippen molar-refractivity contribution < 1.29 is 0 Å². The van der Waals surface area contributed by atoms with E-state index in [9.17, 15) is 0 Å². The average Bonchev–Trinajstić information content (AvgIpc) is 1.66. The first-order valence-electron chi connectivity index (χ1n) is 3.48. The minimum atomic E-state index is 0. The highest BCUT2D eigenvalue weighted by Gasteiger charge is 1.90. The topological polar surface area (TPSA) is 0 Å². The van der Waals surface area contributed by atoms with Crippen molar-refractivity contribution >= 4 is 21.0 Å². The van der Waals surface area contributed by atoms with Crippen LogP contribution in [0.2, 0.25) is 0 Å². The maximum atomic E-state index is 2.29. The molecule has 0 N–H and O–H groups in total. The molecule has 9 heavy (non-hydrogen) atoms. The van der Waals surface area contributed by atoms with E-state index in [2.05, 4.69) is 20.8 Å². The Morgan fingerprint density at radius 2 is 1.89 bits per heavy atom.